The van der Waals surface area contributed by atoms with Crippen molar-refractivity contribution in [1.29, 1.82) is 0 Å². The van der Waals surface area contributed by atoms with Gasteiger partial charge in [0.25, 0.3) is 0 Å². The Balaban J connectivity index is 1.55. The second kappa shape index (κ2) is 10.6. The zero-order chi connectivity index (χ0) is 21.3. The maximum Gasteiger partial charge on any atom is 0.338 e. The summed E-state index contributed by atoms with van der Waals surface area (Å²) in [5.41, 5.74) is 2.03. The summed E-state index contributed by atoms with van der Waals surface area (Å²) < 4.78 is 7.10. The molecule has 0 fully saturated rings. The fraction of sp³-hybridized carbons (Fsp3) is 0.273. The number of para-hydroxylation sites is 1. The highest BCUT2D eigenvalue weighted by molar-refractivity contribution is 7.99. The van der Waals surface area contributed by atoms with Gasteiger partial charge in [-0.05, 0) is 49.7 Å². The molecule has 8 heteroatoms. The first kappa shape index (κ1) is 21.6. The summed E-state index contributed by atoms with van der Waals surface area (Å²) in [5.74, 6) is 0.419. The van der Waals surface area contributed by atoms with Crippen LogP contribution in [-0.2, 0) is 9.53 Å². The van der Waals surface area contributed by atoms with E-state index in [1.54, 1.807) is 24.3 Å². The summed E-state index contributed by atoms with van der Waals surface area (Å²) in [7, 11) is 0. The van der Waals surface area contributed by atoms with Crippen LogP contribution in [-0.4, -0.2) is 39.0 Å². The van der Waals surface area contributed by atoms with Gasteiger partial charge in [-0.2, -0.15) is 0 Å². The van der Waals surface area contributed by atoms with Gasteiger partial charge in [-0.3, -0.25) is 9.36 Å². The Hall–Kier alpha value is -3.13. The first-order valence-electron chi connectivity index (χ1n) is 9.75. The minimum atomic E-state index is -0.354. The number of aryl methyl sites for hydroxylation is 1. The molecular weight excluding hydrogens is 400 g/mol. The van der Waals surface area contributed by atoms with Gasteiger partial charge in [-0.1, -0.05) is 43.3 Å². The number of amides is 1. The lowest BCUT2D eigenvalue weighted by Crippen LogP contribution is -2.15. The van der Waals surface area contributed by atoms with E-state index in [1.807, 2.05) is 48.7 Å². The van der Waals surface area contributed by atoms with Crippen LogP contribution in [0.4, 0.5) is 5.69 Å². The van der Waals surface area contributed by atoms with Crippen LogP contribution >= 0.6 is 11.8 Å². The number of ether oxygens (including phenoxy) is 1. The average molecular weight is 425 g/mol. The van der Waals surface area contributed by atoms with Crippen LogP contribution in [0.5, 0.6) is 0 Å². The molecule has 0 aliphatic carbocycles. The van der Waals surface area contributed by atoms with Crippen LogP contribution in [0.3, 0.4) is 0 Å². The van der Waals surface area contributed by atoms with Crippen molar-refractivity contribution in [1.82, 2.24) is 14.8 Å². The van der Waals surface area contributed by atoms with Crippen molar-refractivity contribution in [2.45, 2.75) is 31.8 Å². The van der Waals surface area contributed by atoms with E-state index in [0.717, 1.165) is 24.4 Å². The number of thioether (sulfide) groups is 1. The fourth-order valence-electron chi connectivity index (χ4n) is 2.72. The highest BCUT2D eigenvalue weighted by Gasteiger charge is 2.13. The highest BCUT2D eigenvalue weighted by atomic mass is 32.2. The van der Waals surface area contributed by atoms with E-state index in [4.69, 9.17) is 4.74 Å². The van der Waals surface area contributed by atoms with Crippen molar-refractivity contribution in [3.63, 3.8) is 0 Å². The quantitative estimate of drug-likeness (QED) is 0.314. The lowest BCUT2D eigenvalue weighted by atomic mass is 10.2. The fourth-order valence-corrected chi connectivity index (χ4v) is 3.52. The summed E-state index contributed by atoms with van der Waals surface area (Å²) >= 11 is 1.31. The number of esters is 1. The molecule has 2 aromatic carbocycles. The van der Waals surface area contributed by atoms with Gasteiger partial charge in [-0.15, -0.1) is 10.2 Å². The van der Waals surface area contributed by atoms with E-state index < -0.39 is 0 Å². The third kappa shape index (κ3) is 5.70. The largest absolute Gasteiger partial charge is 0.462 e. The maximum atomic E-state index is 12.4. The number of nitrogens with one attached hydrogen (secondary N) is 1. The molecule has 7 nitrogen and oxygen atoms in total. The molecule has 0 bridgehead atoms. The summed E-state index contributed by atoms with van der Waals surface area (Å²) in [4.78, 5) is 24.3. The molecule has 3 rings (SSSR count). The van der Waals surface area contributed by atoms with Crippen LogP contribution in [0, 0.1) is 6.92 Å². The molecule has 0 radical (unpaired) electrons. The van der Waals surface area contributed by atoms with Crippen LogP contribution in [0.1, 0.15) is 35.9 Å². The Morgan fingerprint density at radius 3 is 2.50 bits per heavy atom. The third-order valence-electron chi connectivity index (χ3n) is 4.28. The van der Waals surface area contributed by atoms with Crippen molar-refractivity contribution in [3.05, 3.63) is 66.0 Å². The molecule has 1 aromatic heterocycles. The van der Waals surface area contributed by atoms with Crippen LogP contribution < -0.4 is 5.32 Å². The highest BCUT2D eigenvalue weighted by Crippen LogP contribution is 2.22. The number of aromatic nitrogens is 3. The number of carbonyl (C=O) groups is 2. The van der Waals surface area contributed by atoms with Gasteiger partial charge < -0.3 is 10.1 Å². The standard InChI is InChI=1S/C22H24N4O3S/c1-3-4-14-29-21(28)17-10-12-18(13-11-17)23-20(27)15-30-22-25-24-16(2)26(22)19-8-6-5-7-9-19/h5-13H,3-4,14-15H2,1-2H3,(H,23,27). The lowest BCUT2D eigenvalue weighted by molar-refractivity contribution is -0.113. The first-order chi connectivity index (χ1) is 14.6. The summed E-state index contributed by atoms with van der Waals surface area (Å²) in [6.45, 7) is 4.33. The number of hydrogen-bond donors (Lipinski definition) is 1. The predicted molar refractivity (Wildman–Crippen MR) is 117 cm³/mol. The smallest absolute Gasteiger partial charge is 0.338 e. The maximum absolute atomic E-state index is 12.4. The van der Waals surface area contributed by atoms with Crippen molar-refractivity contribution in [3.8, 4) is 5.69 Å². The molecule has 0 atom stereocenters. The molecule has 0 spiro atoms. The minimum Gasteiger partial charge on any atom is -0.462 e. The molecule has 1 heterocycles. The van der Waals surface area contributed by atoms with Gasteiger partial charge in [0.05, 0.1) is 17.9 Å². The number of carbonyl (C=O) groups excluding carboxylic acids is 2. The predicted octanol–water partition coefficient (Wildman–Crippen LogP) is 4.26. The van der Waals surface area contributed by atoms with E-state index in [2.05, 4.69) is 15.5 Å². The second-order valence-electron chi connectivity index (χ2n) is 6.60. The third-order valence-corrected chi connectivity index (χ3v) is 5.21. The van der Waals surface area contributed by atoms with Crippen LogP contribution in [0.15, 0.2) is 59.8 Å². The topological polar surface area (TPSA) is 86.1 Å². The molecule has 30 heavy (non-hydrogen) atoms. The van der Waals surface area contributed by atoms with E-state index >= 15 is 0 Å². The molecule has 0 saturated carbocycles. The Bertz CT molecular complexity index is 987. The number of unbranched alkanes of at least 4 members (excludes halogenated alkanes) is 1. The Kier molecular flexibility index (Phi) is 7.62. The Morgan fingerprint density at radius 1 is 1.07 bits per heavy atom. The zero-order valence-corrected chi connectivity index (χ0v) is 17.8. The second-order valence-corrected chi connectivity index (χ2v) is 7.55. The van der Waals surface area contributed by atoms with Gasteiger partial charge in [0, 0.05) is 11.4 Å². The molecule has 0 aliphatic heterocycles. The van der Waals surface area contributed by atoms with E-state index in [1.165, 1.54) is 11.8 Å². The van der Waals surface area contributed by atoms with Crippen molar-refractivity contribution in [2.75, 3.05) is 17.7 Å². The molecule has 0 saturated heterocycles. The van der Waals surface area contributed by atoms with Crippen LogP contribution in [0.2, 0.25) is 0 Å². The van der Waals surface area contributed by atoms with Gasteiger partial charge >= 0.3 is 5.97 Å². The monoisotopic (exact) mass is 424 g/mol. The van der Waals surface area contributed by atoms with Gasteiger partial charge in [0.15, 0.2) is 5.16 Å². The molecule has 0 unspecified atom stereocenters. The summed E-state index contributed by atoms with van der Waals surface area (Å²) in [5, 5.41) is 11.8. The van der Waals surface area contributed by atoms with E-state index in [-0.39, 0.29) is 17.6 Å². The molecule has 1 amide bonds. The van der Waals surface area contributed by atoms with Gasteiger partial charge in [-0.25, -0.2) is 4.79 Å². The Morgan fingerprint density at radius 2 is 1.80 bits per heavy atom. The summed E-state index contributed by atoms with van der Waals surface area (Å²) in [6, 6.07) is 16.4. The first-order valence-corrected chi connectivity index (χ1v) is 10.7. The van der Waals surface area contributed by atoms with Gasteiger partial charge in [0.2, 0.25) is 5.91 Å². The molecule has 1 N–H and O–H groups in total. The van der Waals surface area contributed by atoms with Crippen LogP contribution in [0.25, 0.3) is 5.69 Å². The van der Waals surface area contributed by atoms with Gasteiger partial charge in [0.1, 0.15) is 5.82 Å². The van der Waals surface area contributed by atoms with E-state index in [9.17, 15) is 9.59 Å². The lowest BCUT2D eigenvalue weighted by Gasteiger charge is -2.09. The SMILES string of the molecule is CCCCOC(=O)c1ccc(NC(=O)CSc2nnc(C)n2-c2ccccc2)cc1. The number of rotatable bonds is 9. The van der Waals surface area contributed by atoms with E-state index in [0.29, 0.717) is 23.0 Å². The van der Waals surface area contributed by atoms with Crippen molar-refractivity contribution in [2.24, 2.45) is 0 Å². The molecular formula is C22H24N4O3S. The Labute approximate surface area is 179 Å². The molecule has 156 valence electrons. The normalized spacial score (nSPS) is 10.6. The number of nitrogens with zero attached hydrogens (tertiary/aromatic N) is 3. The number of benzene rings is 2. The average Bonchev–Trinajstić information content (AvgIpc) is 3.14. The molecule has 0 aliphatic rings. The number of hydrogen-bond acceptors (Lipinski definition) is 6. The molecule has 3 aromatic rings. The zero-order valence-electron chi connectivity index (χ0n) is 17.0. The van der Waals surface area contributed by atoms with Crippen molar-refractivity contribution >= 4 is 29.3 Å². The summed E-state index contributed by atoms with van der Waals surface area (Å²) in [6.07, 6.45) is 1.81. The number of anilines is 1. The minimum absolute atomic E-state index is 0.168. The van der Waals surface area contributed by atoms with Crippen molar-refractivity contribution < 1.29 is 14.3 Å².